The smallest absolute Gasteiger partial charge is 0.311 e. The number of hydrogen-bond donors (Lipinski definition) is 1. The van der Waals surface area contributed by atoms with E-state index in [1.807, 2.05) is 6.07 Å². The van der Waals surface area contributed by atoms with E-state index in [9.17, 15) is 14.9 Å². The van der Waals surface area contributed by atoms with E-state index in [-0.39, 0.29) is 22.9 Å². The lowest BCUT2D eigenvalue weighted by molar-refractivity contribution is -0.384. The van der Waals surface area contributed by atoms with Crippen LogP contribution in [0.5, 0.6) is 5.88 Å². The third-order valence-electron chi connectivity index (χ3n) is 3.85. The van der Waals surface area contributed by atoms with E-state index < -0.39 is 4.92 Å². The van der Waals surface area contributed by atoms with Crippen LogP contribution >= 0.6 is 0 Å². The Labute approximate surface area is 148 Å². The Morgan fingerprint density at radius 3 is 2.85 bits per heavy atom. The van der Waals surface area contributed by atoms with Crippen molar-refractivity contribution in [2.45, 2.75) is 13.0 Å². The van der Waals surface area contributed by atoms with Gasteiger partial charge in [0, 0.05) is 25.2 Å². The van der Waals surface area contributed by atoms with E-state index in [4.69, 9.17) is 4.74 Å². The van der Waals surface area contributed by atoms with Crippen molar-refractivity contribution in [1.29, 1.82) is 0 Å². The predicted octanol–water partition coefficient (Wildman–Crippen LogP) is 2.21. The molecule has 9 heteroatoms. The maximum atomic E-state index is 12.4. The normalized spacial score (nSPS) is 10.7. The van der Waals surface area contributed by atoms with Gasteiger partial charge in [0.1, 0.15) is 0 Å². The van der Waals surface area contributed by atoms with E-state index >= 15 is 0 Å². The van der Waals surface area contributed by atoms with Crippen LogP contribution in [0, 0.1) is 10.1 Å². The van der Waals surface area contributed by atoms with Crippen LogP contribution in [0.25, 0.3) is 10.9 Å². The molecular weight excluding hydrogens is 338 g/mol. The van der Waals surface area contributed by atoms with E-state index in [0.717, 1.165) is 0 Å². The van der Waals surface area contributed by atoms with E-state index in [0.29, 0.717) is 30.4 Å². The fourth-order valence-corrected chi connectivity index (χ4v) is 2.55. The number of nitrogens with one attached hydrogen (secondary N) is 1. The highest BCUT2D eigenvalue weighted by Crippen LogP contribution is 2.24. The predicted molar refractivity (Wildman–Crippen MR) is 96.6 cm³/mol. The zero-order valence-corrected chi connectivity index (χ0v) is 14.1. The molecule has 0 saturated carbocycles. The zero-order valence-electron chi connectivity index (χ0n) is 14.1. The summed E-state index contributed by atoms with van der Waals surface area (Å²) in [7, 11) is 1.44. The van der Waals surface area contributed by atoms with E-state index in [1.54, 1.807) is 18.2 Å². The maximum Gasteiger partial charge on any atom is 0.311 e. The molecule has 26 heavy (non-hydrogen) atoms. The number of anilines is 1. The quantitative estimate of drug-likeness (QED) is 0.393. The lowest BCUT2D eigenvalue weighted by Gasteiger charge is -2.09. The topological polar surface area (TPSA) is 112 Å². The Morgan fingerprint density at radius 1 is 1.27 bits per heavy atom. The van der Waals surface area contributed by atoms with Crippen LogP contribution in [0.15, 0.2) is 47.5 Å². The van der Waals surface area contributed by atoms with Crippen molar-refractivity contribution in [2.24, 2.45) is 0 Å². The first-order valence-electron chi connectivity index (χ1n) is 7.97. The standard InChI is InChI=1S/C17H17N5O4/c1-26-15-8-7-14(22(24)25)16(20-15)18-9-4-10-21-11-19-13-6-3-2-5-12(13)17(21)23/h2-3,5-8,11H,4,9-10H2,1H3,(H,18,20). The Morgan fingerprint density at radius 2 is 2.08 bits per heavy atom. The van der Waals surface area contributed by atoms with Gasteiger partial charge in [-0.3, -0.25) is 19.5 Å². The number of ether oxygens (including phenoxy) is 1. The molecule has 0 spiro atoms. The first-order chi connectivity index (χ1) is 12.6. The van der Waals surface area contributed by atoms with Gasteiger partial charge in [0.2, 0.25) is 11.7 Å². The molecule has 0 aliphatic carbocycles. The summed E-state index contributed by atoms with van der Waals surface area (Å²) in [6.07, 6.45) is 2.08. The highest BCUT2D eigenvalue weighted by atomic mass is 16.6. The minimum absolute atomic E-state index is 0.110. The SMILES string of the molecule is COc1ccc([N+](=O)[O-])c(NCCCn2cnc3ccccc3c2=O)n1. The number of nitro groups is 1. The Bertz CT molecular complexity index is 1000. The number of rotatable bonds is 7. The molecule has 0 aliphatic heterocycles. The lowest BCUT2D eigenvalue weighted by atomic mass is 10.2. The van der Waals surface area contributed by atoms with Gasteiger partial charge in [-0.1, -0.05) is 12.1 Å². The number of methoxy groups -OCH3 is 1. The molecule has 2 heterocycles. The second-order valence-electron chi connectivity index (χ2n) is 5.52. The van der Waals surface area contributed by atoms with Gasteiger partial charge in [0.25, 0.3) is 5.56 Å². The highest BCUT2D eigenvalue weighted by Gasteiger charge is 2.16. The van der Waals surface area contributed by atoms with Gasteiger partial charge in [-0.05, 0) is 18.6 Å². The molecule has 134 valence electrons. The van der Waals surface area contributed by atoms with Crippen molar-refractivity contribution in [3.63, 3.8) is 0 Å². The molecule has 0 bridgehead atoms. The van der Waals surface area contributed by atoms with Gasteiger partial charge >= 0.3 is 5.69 Å². The molecule has 0 saturated heterocycles. The first kappa shape index (κ1) is 17.3. The third kappa shape index (κ3) is 3.61. The number of hydrogen-bond acceptors (Lipinski definition) is 7. The second-order valence-corrected chi connectivity index (χ2v) is 5.52. The fourth-order valence-electron chi connectivity index (χ4n) is 2.55. The van der Waals surface area contributed by atoms with Gasteiger partial charge in [-0.25, -0.2) is 4.98 Å². The third-order valence-corrected chi connectivity index (χ3v) is 3.85. The van der Waals surface area contributed by atoms with Gasteiger partial charge < -0.3 is 10.1 Å². The van der Waals surface area contributed by atoms with Crippen LogP contribution in [0.4, 0.5) is 11.5 Å². The van der Waals surface area contributed by atoms with Crippen LogP contribution < -0.4 is 15.6 Å². The summed E-state index contributed by atoms with van der Waals surface area (Å²) in [6, 6.07) is 9.93. The van der Waals surface area contributed by atoms with E-state index in [1.165, 1.54) is 30.1 Å². The number of pyridine rings is 1. The number of para-hydroxylation sites is 1. The second kappa shape index (κ2) is 7.60. The van der Waals surface area contributed by atoms with Crippen molar-refractivity contribution in [2.75, 3.05) is 19.0 Å². The summed E-state index contributed by atoms with van der Waals surface area (Å²) in [5.74, 6) is 0.423. The Balaban J connectivity index is 1.67. The molecule has 0 radical (unpaired) electrons. The summed E-state index contributed by atoms with van der Waals surface area (Å²) in [6.45, 7) is 0.835. The molecule has 0 aliphatic rings. The molecule has 3 aromatic rings. The Hall–Kier alpha value is -3.49. The minimum atomic E-state index is -0.507. The van der Waals surface area contributed by atoms with Gasteiger partial charge in [0.15, 0.2) is 0 Å². The van der Waals surface area contributed by atoms with Crippen molar-refractivity contribution >= 4 is 22.4 Å². The summed E-state index contributed by atoms with van der Waals surface area (Å²) in [5.41, 5.74) is 0.416. The first-order valence-corrected chi connectivity index (χ1v) is 7.97. The molecule has 0 atom stereocenters. The number of aryl methyl sites for hydroxylation is 1. The van der Waals surface area contributed by atoms with Crippen LogP contribution in [0.1, 0.15) is 6.42 Å². The molecular formula is C17H17N5O4. The summed E-state index contributed by atoms with van der Waals surface area (Å²) >= 11 is 0. The molecule has 1 N–H and O–H groups in total. The van der Waals surface area contributed by atoms with Crippen molar-refractivity contribution in [3.05, 3.63) is 63.2 Å². The number of aromatic nitrogens is 3. The summed E-state index contributed by atoms with van der Waals surface area (Å²) in [5, 5.41) is 14.6. The largest absolute Gasteiger partial charge is 0.481 e. The van der Waals surface area contributed by atoms with Crippen molar-refractivity contribution in [1.82, 2.24) is 14.5 Å². The van der Waals surface area contributed by atoms with Gasteiger partial charge in [-0.15, -0.1) is 0 Å². The average Bonchev–Trinajstić information content (AvgIpc) is 2.66. The maximum absolute atomic E-state index is 12.4. The van der Waals surface area contributed by atoms with Crippen LogP contribution in [0.3, 0.4) is 0 Å². The molecule has 1 aromatic carbocycles. The highest BCUT2D eigenvalue weighted by molar-refractivity contribution is 5.76. The molecule has 0 fully saturated rings. The number of nitrogens with zero attached hydrogens (tertiary/aromatic N) is 4. The molecule has 9 nitrogen and oxygen atoms in total. The van der Waals surface area contributed by atoms with Crippen LogP contribution in [-0.2, 0) is 6.54 Å². The van der Waals surface area contributed by atoms with Crippen molar-refractivity contribution < 1.29 is 9.66 Å². The van der Waals surface area contributed by atoms with Crippen molar-refractivity contribution in [3.8, 4) is 5.88 Å². The monoisotopic (exact) mass is 355 g/mol. The molecule has 2 aromatic heterocycles. The zero-order chi connectivity index (χ0) is 18.5. The fraction of sp³-hybridized carbons (Fsp3) is 0.235. The lowest BCUT2D eigenvalue weighted by Crippen LogP contribution is -2.22. The average molecular weight is 355 g/mol. The number of fused-ring (bicyclic) bond motifs is 1. The summed E-state index contributed by atoms with van der Waals surface area (Å²) < 4.78 is 6.52. The molecule has 0 amide bonds. The Kier molecular flexibility index (Phi) is 5.07. The number of benzene rings is 1. The van der Waals surface area contributed by atoms with Gasteiger partial charge in [0.05, 0.1) is 29.3 Å². The molecule has 0 unspecified atom stereocenters. The molecule has 3 rings (SSSR count). The minimum Gasteiger partial charge on any atom is -0.481 e. The van der Waals surface area contributed by atoms with Crippen LogP contribution in [0.2, 0.25) is 0 Å². The van der Waals surface area contributed by atoms with Crippen LogP contribution in [-0.4, -0.2) is 33.1 Å². The summed E-state index contributed by atoms with van der Waals surface area (Å²) in [4.78, 5) is 31.3. The van der Waals surface area contributed by atoms with E-state index in [2.05, 4.69) is 15.3 Å². The van der Waals surface area contributed by atoms with Gasteiger partial charge in [-0.2, -0.15) is 4.98 Å².